The summed E-state index contributed by atoms with van der Waals surface area (Å²) < 4.78 is 5.18. The van der Waals surface area contributed by atoms with Gasteiger partial charge in [0, 0.05) is 11.6 Å². The predicted octanol–water partition coefficient (Wildman–Crippen LogP) is 2.71. The SMILES string of the molecule is COc1ccc2c(c1)/C(=C\C(=O)O)C(=O)N2Cc1ccccc1. The van der Waals surface area contributed by atoms with Crippen LogP contribution in [0.3, 0.4) is 0 Å². The van der Waals surface area contributed by atoms with Crippen LogP contribution >= 0.6 is 0 Å². The van der Waals surface area contributed by atoms with Crippen LogP contribution in [0.2, 0.25) is 0 Å². The number of amides is 1. The second kappa shape index (κ2) is 5.96. The second-order valence-electron chi connectivity index (χ2n) is 5.16. The molecule has 0 atom stereocenters. The number of anilines is 1. The summed E-state index contributed by atoms with van der Waals surface area (Å²) in [5.74, 6) is -0.891. The number of carbonyl (C=O) groups excluding carboxylic acids is 1. The minimum Gasteiger partial charge on any atom is -0.497 e. The van der Waals surface area contributed by atoms with Crippen LogP contribution in [0.5, 0.6) is 5.75 Å². The second-order valence-corrected chi connectivity index (χ2v) is 5.16. The molecule has 0 spiro atoms. The van der Waals surface area contributed by atoms with Crippen LogP contribution in [-0.4, -0.2) is 24.1 Å². The standard InChI is InChI=1S/C18H15NO4/c1-23-13-7-8-16-14(9-13)15(10-17(20)21)18(22)19(16)11-12-5-3-2-4-6-12/h2-10H,11H2,1H3,(H,20,21)/b15-10+. The molecule has 0 unspecified atom stereocenters. The fourth-order valence-electron chi connectivity index (χ4n) is 2.65. The normalized spacial score (nSPS) is 14.9. The summed E-state index contributed by atoms with van der Waals surface area (Å²) in [6.07, 6.45) is 0.950. The van der Waals surface area contributed by atoms with Crippen molar-refractivity contribution >= 4 is 23.1 Å². The molecule has 0 radical (unpaired) electrons. The molecule has 1 amide bonds. The van der Waals surface area contributed by atoms with E-state index in [1.165, 1.54) is 7.11 Å². The number of carboxylic acids is 1. The van der Waals surface area contributed by atoms with E-state index in [0.717, 1.165) is 11.6 Å². The molecule has 23 heavy (non-hydrogen) atoms. The van der Waals surface area contributed by atoms with Crippen LogP contribution in [0.25, 0.3) is 5.57 Å². The monoisotopic (exact) mass is 309 g/mol. The number of fused-ring (bicyclic) bond motifs is 1. The molecule has 0 saturated heterocycles. The zero-order valence-electron chi connectivity index (χ0n) is 12.5. The van der Waals surface area contributed by atoms with Crippen molar-refractivity contribution in [2.24, 2.45) is 0 Å². The van der Waals surface area contributed by atoms with Crippen LogP contribution in [0.4, 0.5) is 5.69 Å². The zero-order valence-corrected chi connectivity index (χ0v) is 12.5. The Morgan fingerprint density at radius 1 is 1.22 bits per heavy atom. The van der Waals surface area contributed by atoms with Gasteiger partial charge in [0.1, 0.15) is 5.75 Å². The smallest absolute Gasteiger partial charge is 0.329 e. The van der Waals surface area contributed by atoms with Gasteiger partial charge >= 0.3 is 5.97 Å². The number of benzene rings is 2. The molecule has 2 aromatic rings. The number of aliphatic carboxylic acids is 1. The number of hydrogen-bond acceptors (Lipinski definition) is 3. The summed E-state index contributed by atoms with van der Waals surface area (Å²) in [6, 6.07) is 14.8. The van der Waals surface area contributed by atoms with Crippen molar-refractivity contribution in [1.82, 2.24) is 0 Å². The van der Waals surface area contributed by atoms with Crippen molar-refractivity contribution in [2.75, 3.05) is 12.0 Å². The Morgan fingerprint density at radius 2 is 1.96 bits per heavy atom. The summed E-state index contributed by atoms with van der Waals surface area (Å²) in [5.41, 5.74) is 2.40. The largest absolute Gasteiger partial charge is 0.497 e. The maximum atomic E-state index is 12.7. The zero-order chi connectivity index (χ0) is 16.4. The summed E-state index contributed by atoms with van der Waals surface area (Å²) in [4.78, 5) is 25.3. The lowest BCUT2D eigenvalue weighted by Gasteiger charge is -2.17. The average molecular weight is 309 g/mol. The number of methoxy groups -OCH3 is 1. The minimum absolute atomic E-state index is 0.169. The molecule has 0 saturated carbocycles. The summed E-state index contributed by atoms with van der Waals surface area (Å²) >= 11 is 0. The Balaban J connectivity index is 2.06. The quantitative estimate of drug-likeness (QED) is 0.882. The predicted molar refractivity (Wildman–Crippen MR) is 86.2 cm³/mol. The molecule has 0 bridgehead atoms. The fraction of sp³-hybridized carbons (Fsp3) is 0.111. The lowest BCUT2D eigenvalue weighted by Crippen LogP contribution is -2.25. The number of nitrogens with zero attached hydrogens (tertiary/aromatic N) is 1. The van der Waals surface area contributed by atoms with Crippen molar-refractivity contribution in [1.29, 1.82) is 0 Å². The van der Waals surface area contributed by atoms with Gasteiger partial charge in [-0.1, -0.05) is 30.3 Å². The molecule has 1 heterocycles. The molecule has 116 valence electrons. The number of rotatable bonds is 4. The van der Waals surface area contributed by atoms with Gasteiger partial charge in [0.05, 0.1) is 24.9 Å². The first kappa shape index (κ1) is 14.8. The van der Waals surface area contributed by atoms with Crippen LogP contribution in [-0.2, 0) is 16.1 Å². The van der Waals surface area contributed by atoms with Gasteiger partial charge in [0.2, 0.25) is 0 Å². The maximum Gasteiger partial charge on any atom is 0.329 e. The first-order valence-electron chi connectivity index (χ1n) is 7.09. The first-order valence-corrected chi connectivity index (χ1v) is 7.09. The number of carboxylic acid groups (broad SMARTS) is 1. The molecule has 0 aromatic heterocycles. The van der Waals surface area contributed by atoms with Crippen molar-refractivity contribution in [3.63, 3.8) is 0 Å². The first-order chi connectivity index (χ1) is 11.1. The molecule has 1 aliphatic heterocycles. The van der Waals surface area contributed by atoms with E-state index in [9.17, 15) is 9.59 Å². The average Bonchev–Trinajstić information content (AvgIpc) is 2.80. The highest BCUT2D eigenvalue weighted by Gasteiger charge is 2.33. The van der Waals surface area contributed by atoms with Crippen LogP contribution in [0, 0.1) is 0 Å². The third kappa shape index (κ3) is 2.81. The van der Waals surface area contributed by atoms with Crippen molar-refractivity contribution in [2.45, 2.75) is 6.54 Å². The van der Waals surface area contributed by atoms with E-state index in [0.29, 0.717) is 23.5 Å². The summed E-state index contributed by atoms with van der Waals surface area (Å²) in [5, 5.41) is 9.04. The molecule has 1 N–H and O–H groups in total. The van der Waals surface area contributed by atoms with Gasteiger partial charge < -0.3 is 14.7 Å². The van der Waals surface area contributed by atoms with Gasteiger partial charge in [0.25, 0.3) is 5.91 Å². The Kier molecular flexibility index (Phi) is 3.85. The number of carbonyl (C=O) groups is 2. The molecule has 2 aromatic carbocycles. The van der Waals surface area contributed by atoms with E-state index >= 15 is 0 Å². The van der Waals surface area contributed by atoms with Gasteiger partial charge in [-0.05, 0) is 23.8 Å². The van der Waals surface area contributed by atoms with Crippen molar-refractivity contribution in [3.8, 4) is 5.75 Å². The number of ether oxygens (including phenoxy) is 1. The van der Waals surface area contributed by atoms with E-state index < -0.39 is 5.97 Å². The highest BCUT2D eigenvalue weighted by atomic mass is 16.5. The molecule has 0 aliphatic carbocycles. The van der Waals surface area contributed by atoms with Crippen LogP contribution in [0.15, 0.2) is 54.6 Å². The van der Waals surface area contributed by atoms with Gasteiger partial charge in [-0.15, -0.1) is 0 Å². The lowest BCUT2D eigenvalue weighted by molar-refractivity contribution is -0.131. The highest BCUT2D eigenvalue weighted by Crippen LogP contribution is 2.39. The highest BCUT2D eigenvalue weighted by molar-refractivity contribution is 6.34. The molecule has 3 rings (SSSR count). The van der Waals surface area contributed by atoms with E-state index in [-0.39, 0.29) is 11.5 Å². The minimum atomic E-state index is -1.15. The van der Waals surface area contributed by atoms with Crippen LogP contribution in [0.1, 0.15) is 11.1 Å². The number of hydrogen-bond donors (Lipinski definition) is 1. The molecule has 1 aliphatic rings. The summed E-state index contributed by atoms with van der Waals surface area (Å²) in [7, 11) is 1.53. The third-order valence-corrected chi connectivity index (χ3v) is 3.71. The molecule has 5 nitrogen and oxygen atoms in total. The van der Waals surface area contributed by atoms with Crippen molar-refractivity contribution < 1.29 is 19.4 Å². The van der Waals surface area contributed by atoms with Crippen LogP contribution < -0.4 is 9.64 Å². The molecule has 5 heteroatoms. The van der Waals surface area contributed by atoms with E-state index in [1.807, 2.05) is 30.3 Å². The molecular formula is C18H15NO4. The van der Waals surface area contributed by atoms with Crippen molar-refractivity contribution in [3.05, 3.63) is 65.7 Å². The third-order valence-electron chi connectivity index (χ3n) is 3.71. The Hall–Kier alpha value is -3.08. The Labute approximate surface area is 133 Å². The topological polar surface area (TPSA) is 66.8 Å². The summed E-state index contributed by atoms with van der Waals surface area (Å²) in [6.45, 7) is 0.385. The Morgan fingerprint density at radius 3 is 2.61 bits per heavy atom. The van der Waals surface area contributed by atoms with Gasteiger partial charge in [0.15, 0.2) is 0 Å². The van der Waals surface area contributed by atoms with E-state index in [2.05, 4.69) is 0 Å². The van der Waals surface area contributed by atoms with Gasteiger partial charge in [-0.3, -0.25) is 4.79 Å². The Bertz CT molecular complexity index is 796. The molecule has 0 fully saturated rings. The van der Waals surface area contributed by atoms with E-state index in [4.69, 9.17) is 9.84 Å². The lowest BCUT2D eigenvalue weighted by atomic mass is 10.1. The molecular weight excluding hydrogens is 294 g/mol. The fourth-order valence-corrected chi connectivity index (χ4v) is 2.65. The van der Waals surface area contributed by atoms with Gasteiger partial charge in [-0.25, -0.2) is 4.79 Å². The maximum absolute atomic E-state index is 12.7. The van der Waals surface area contributed by atoms with E-state index in [1.54, 1.807) is 23.1 Å². The van der Waals surface area contributed by atoms with Gasteiger partial charge in [-0.2, -0.15) is 0 Å².